The highest BCUT2D eigenvalue weighted by molar-refractivity contribution is 6.08. The van der Waals surface area contributed by atoms with Gasteiger partial charge >= 0.3 is 0 Å². The fraction of sp³-hybridized carbons (Fsp3) is 0.429. The summed E-state index contributed by atoms with van der Waals surface area (Å²) in [5.41, 5.74) is 2.87. The van der Waals surface area contributed by atoms with Crippen LogP contribution in [-0.4, -0.2) is 55.1 Å². The number of fused-ring (bicyclic) bond motifs is 1. The SMILES string of the molecule is O=C(c1ccncc1)N1CCN(CCN2CCCCC2)c2ccccc21. The minimum absolute atomic E-state index is 0.0514. The molecule has 0 N–H and O–H groups in total. The van der Waals surface area contributed by atoms with Gasteiger partial charge in [0, 0.05) is 44.1 Å². The Morgan fingerprint density at radius 1 is 0.846 bits per heavy atom. The fourth-order valence-electron chi connectivity index (χ4n) is 3.96. The van der Waals surface area contributed by atoms with E-state index in [0.29, 0.717) is 5.56 Å². The Morgan fingerprint density at radius 3 is 2.35 bits per heavy atom. The second-order valence-electron chi connectivity index (χ2n) is 7.07. The van der Waals surface area contributed by atoms with E-state index in [0.717, 1.165) is 37.6 Å². The average molecular weight is 350 g/mol. The molecule has 1 aromatic heterocycles. The van der Waals surface area contributed by atoms with Gasteiger partial charge in [0.1, 0.15) is 0 Å². The summed E-state index contributed by atoms with van der Waals surface area (Å²) in [6.45, 7) is 6.17. The predicted molar refractivity (Wildman–Crippen MR) is 105 cm³/mol. The Hall–Kier alpha value is -2.40. The molecule has 5 heteroatoms. The molecular weight excluding hydrogens is 324 g/mol. The zero-order chi connectivity index (χ0) is 17.8. The Bertz CT molecular complexity index is 743. The van der Waals surface area contributed by atoms with Crippen LogP contribution < -0.4 is 9.80 Å². The van der Waals surface area contributed by atoms with Crippen molar-refractivity contribution in [1.82, 2.24) is 9.88 Å². The number of piperidine rings is 1. The first-order valence-corrected chi connectivity index (χ1v) is 9.61. The van der Waals surface area contributed by atoms with Crippen LogP contribution in [0, 0.1) is 0 Å². The number of anilines is 2. The Balaban J connectivity index is 1.50. The smallest absolute Gasteiger partial charge is 0.258 e. The molecule has 136 valence electrons. The number of hydrogen-bond acceptors (Lipinski definition) is 4. The molecule has 0 bridgehead atoms. The molecule has 1 saturated heterocycles. The minimum Gasteiger partial charge on any atom is -0.367 e. The van der Waals surface area contributed by atoms with Crippen molar-refractivity contribution < 1.29 is 4.79 Å². The van der Waals surface area contributed by atoms with Crippen LogP contribution in [0.3, 0.4) is 0 Å². The maximum absolute atomic E-state index is 12.9. The molecular formula is C21H26N4O. The molecule has 2 aliphatic rings. The molecule has 0 aliphatic carbocycles. The molecule has 3 heterocycles. The maximum Gasteiger partial charge on any atom is 0.258 e. The third kappa shape index (κ3) is 3.58. The zero-order valence-corrected chi connectivity index (χ0v) is 15.2. The van der Waals surface area contributed by atoms with Crippen LogP contribution in [-0.2, 0) is 0 Å². The number of likely N-dealkylation sites (tertiary alicyclic amines) is 1. The molecule has 26 heavy (non-hydrogen) atoms. The lowest BCUT2D eigenvalue weighted by atomic mass is 10.1. The number of para-hydroxylation sites is 2. The lowest BCUT2D eigenvalue weighted by molar-refractivity contribution is 0.0986. The first kappa shape index (κ1) is 17.0. The van der Waals surface area contributed by atoms with Crippen LogP contribution in [0.1, 0.15) is 29.6 Å². The lowest BCUT2D eigenvalue weighted by Gasteiger charge is -2.39. The van der Waals surface area contributed by atoms with Crippen molar-refractivity contribution in [3.05, 3.63) is 54.4 Å². The second-order valence-corrected chi connectivity index (χ2v) is 7.07. The van der Waals surface area contributed by atoms with E-state index < -0.39 is 0 Å². The molecule has 2 aromatic rings. The van der Waals surface area contributed by atoms with Crippen LogP contribution in [0.15, 0.2) is 48.8 Å². The van der Waals surface area contributed by atoms with Gasteiger partial charge in [-0.15, -0.1) is 0 Å². The van der Waals surface area contributed by atoms with Gasteiger partial charge in [0.15, 0.2) is 0 Å². The lowest BCUT2D eigenvalue weighted by Crippen LogP contribution is -2.46. The molecule has 2 aliphatic heterocycles. The molecule has 4 rings (SSSR count). The summed E-state index contributed by atoms with van der Waals surface area (Å²) >= 11 is 0. The quantitative estimate of drug-likeness (QED) is 0.850. The van der Waals surface area contributed by atoms with Gasteiger partial charge in [0.2, 0.25) is 0 Å². The summed E-state index contributed by atoms with van der Waals surface area (Å²) in [5.74, 6) is 0.0514. The van der Waals surface area contributed by atoms with E-state index in [1.807, 2.05) is 11.0 Å². The van der Waals surface area contributed by atoms with Gasteiger partial charge in [-0.25, -0.2) is 0 Å². The summed E-state index contributed by atoms with van der Waals surface area (Å²) in [6.07, 6.45) is 7.37. The number of benzene rings is 1. The van der Waals surface area contributed by atoms with E-state index >= 15 is 0 Å². The third-order valence-electron chi connectivity index (χ3n) is 5.41. The molecule has 1 fully saturated rings. The summed E-state index contributed by atoms with van der Waals surface area (Å²) in [5, 5.41) is 0. The van der Waals surface area contributed by atoms with Gasteiger partial charge in [0.25, 0.3) is 5.91 Å². The predicted octanol–water partition coefficient (Wildman–Crippen LogP) is 3.03. The van der Waals surface area contributed by atoms with Crippen molar-refractivity contribution >= 4 is 17.3 Å². The van der Waals surface area contributed by atoms with E-state index in [2.05, 4.69) is 33.0 Å². The van der Waals surface area contributed by atoms with Crippen LogP contribution in [0.4, 0.5) is 11.4 Å². The second kappa shape index (κ2) is 7.87. The van der Waals surface area contributed by atoms with Gasteiger partial charge in [-0.05, 0) is 50.2 Å². The normalized spacial score (nSPS) is 17.8. The number of carbonyl (C=O) groups is 1. The fourth-order valence-corrected chi connectivity index (χ4v) is 3.96. The molecule has 0 spiro atoms. The van der Waals surface area contributed by atoms with Crippen molar-refractivity contribution in [3.8, 4) is 0 Å². The number of rotatable bonds is 4. The van der Waals surface area contributed by atoms with Gasteiger partial charge in [-0.3, -0.25) is 9.78 Å². The van der Waals surface area contributed by atoms with Gasteiger partial charge in [0.05, 0.1) is 11.4 Å². The van der Waals surface area contributed by atoms with Gasteiger partial charge in [-0.2, -0.15) is 0 Å². The molecule has 0 unspecified atom stereocenters. The maximum atomic E-state index is 12.9. The minimum atomic E-state index is 0.0514. The number of nitrogens with zero attached hydrogens (tertiary/aromatic N) is 4. The van der Waals surface area contributed by atoms with E-state index in [1.54, 1.807) is 24.5 Å². The third-order valence-corrected chi connectivity index (χ3v) is 5.41. The average Bonchev–Trinajstić information content (AvgIpc) is 2.73. The van der Waals surface area contributed by atoms with Crippen LogP contribution in [0.5, 0.6) is 0 Å². The molecule has 0 atom stereocenters. The molecule has 1 aromatic carbocycles. The van der Waals surface area contributed by atoms with E-state index in [1.165, 1.54) is 32.4 Å². The first-order valence-electron chi connectivity index (χ1n) is 9.61. The standard InChI is InChI=1S/C21H26N4O/c26-21(18-8-10-22-11-9-18)25-17-16-24(19-6-2-3-7-20(19)25)15-14-23-12-4-1-5-13-23/h2-3,6-11H,1,4-5,12-17H2. The van der Waals surface area contributed by atoms with Crippen LogP contribution in [0.2, 0.25) is 0 Å². The highest BCUT2D eigenvalue weighted by Gasteiger charge is 2.27. The molecule has 1 amide bonds. The summed E-state index contributed by atoms with van der Waals surface area (Å²) < 4.78 is 0. The highest BCUT2D eigenvalue weighted by atomic mass is 16.2. The number of aromatic nitrogens is 1. The van der Waals surface area contributed by atoms with Crippen LogP contribution in [0.25, 0.3) is 0 Å². The van der Waals surface area contributed by atoms with Crippen molar-refractivity contribution in [2.24, 2.45) is 0 Å². The molecule has 5 nitrogen and oxygen atoms in total. The Labute approximate surface area is 155 Å². The van der Waals surface area contributed by atoms with Crippen molar-refractivity contribution in [2.45, 2.75) is 19.3 Å². The first-order chi connectivity index (χ1) is 12.8. The summed E-state index contributed by atoms with van der Waals surface area (Å²) in [4.78, 5) is 23.9. The largest absolute Gasteiger partial charge is 0.367 e. The monoisotopic (exact) mass is 350 g/mol. The molecule has 0 radical (unpaired) electrons. The van der Waals surface area contributed by atoms with E-state index in [-0.39, 0.29) is 5.91 Å². The number of carbonyl (C=O) groups excluding carboxylic acids is 1. The van der Waals surface area contributed by atoms with Crippen molar-refractivity contribution in [3.63, 3.8) is 0 Å². The van der Waals surface area contributed by atoms with E-state index in [4.69, 9.17) is 0 Å². The number of pyridine rings is 1. The summed E-state index contributed by atoms with van der Waals surface area (Å²) in [7, 11) is 0. The topological polar surface area (TPSA) is 39.7 Å². The zero-order valence-electron chi connectivity index (χ0n) is 15.2. The summed E-state index contributed by atoms with van der Waals surface area (Å²) in [6, 6.07) is 11.8. The number of hydrogen-bond donors (Lipinski definition) is 0. The van der Waals surface area contributed by atoms with Crippen LogP contribution >= 0.6 is 0 Å². The van der Waals surface area contributed by atoms with Crippen molar-refractivity contribution in [2.75, 3.05) is 49.1 Å². The highest BCUT2D eigenvalue weighted by Crippen LogP contribution is 2.33. The number of amides is 1. The van der Waals surface area contributed by atoms with Gasteiger partial charge in [-0.1, -0.05) is 18.6 Å². The van der Waals surface area contributed by atoms with Gasteiger partial charge < -0.3 is 14.7 Å². The van der Waals surface area contributed by atoms with Crippen molar-refractivity contribution in [1.29, 1.82) is 0 Å². The Kier molecular flexibility index (Phi) is 5.16. The Morgan fingerprint density at radius 2 is 1.58 bits per heavy atom. The molecule has 0 saturated carbocycles. The van der Waals surface area contributed by atoms with E-state index in [9.17, 15) is 4.79 Å².